The van der Waals surface area contributed by atoms with Crippen LogP contribution in [-0.2, 0) is 14.8 Å². The summed E-state index contributed by atoms with van der Waals surface area (Å²) < 4.78 is 39.2. The number of sulfonamides is 1. The number of rotatable bonds is 6. The first-order valence-corrected chi connectivity index (χ1v) is 11.0. The van der Waals surface area contributed by atoms with Gasteiger partial charge in [0.2, 0.25) is 15.9 Å². The molecule has 0 saturated heterocycles. The van der Waals surface area contributed by atoms with Crippen molar-refractivity contribution in [2.24, 2.45) is 5.92 Å². The van der Waals surface area contributed by atoms with Crippen molar-refractivity contribution < 1.29 is 22.7 Å². The number of hydrogen-bond donors (Lipinski definition) is 2. The fourth-order valence-corrected chi connectivity index (χ4v) is 4.48. The summed E-state index contributed by atoms with van der Waals surface area (Å²) in [6, 6.07) is 8.47. The average molecular weight is 439 g/mol. The van der Waals surface area contributed by atoms with Gasteiger partial charge in [0, 0.05) is 16.8 Å². The van der Waals surface area contributed by atoms with E-state index in [1.54, 1.807) is 38.1 Å². The number of carbonyl (C=O) groups is 1. The second kappa shape index (κ2) is 8.61. The number of hydrogen-bond acceptors (Lipinski definition) is 5. The Morgan fingerprint density at radius 2 is 1.76 bits per heavy atom. The lowest BCUT2D eigenvalue weighted by atomic mass is 10.0. The molecule has 0 aromatic heterocycles. The molecule has 156 valence electrons. The highest BCUT2D eigenvalue weighted by Gasteiger charge is 2.29. The normalized spacial score (nSPS) is 14.5. The zero-order valence-corrected chi connectivity index (χ0v) is 17.9. The molecule has 0 spiro atoms. The van der Waals surface area contributed by atoms with E-state index in [2.05, 4.69) is 10.0 Å². The first-order valence-electron chi connectivity index (χ1n) is 9.16. The predicted molar refractivity (Wildman–Crippen MR) is 111 cm³/mol. The molecule has 2 N–H and O–H groups in total. The van der Waals surface area contributed by atoms with Crippen LogP contribution in [0.4, 0.5) is 5.69 Å². The molecule has 3 rings (SSSR count). The molecule has 0 bridgehead atoms. The first kappa shape index (κ1) is 21.4. The maximum absolute atomic E-state index is 12.9. The van der Waals surface area contributed by atoms with E-state index in [1.165, 1.54) is 12.1 Å². The minimum atomic E-state index is -3.96. The van der Waals surface area contributed by atoms with Crippen molar-refractivity contribution in [1.82, 2.24) is 4.72 Å². The number of ether oxygens (including phenoxy) is 2. The van der Waals surface area contributed by atoms with Crippen LogP contribution in [0.3, 0.4) is 0 Å². The summed E-state index contributed by atoms with van der Waals surface area (Å²) in [6.45, 7) is 6.11. The van der Waals surface area contributed by atoms with Crippen molar-refractivity contribution in [3.63, 3.8) is 0 Å². The SMILES string of the molecule is Cc1cc(Cl)ccc1NC(=O)[C@@H](NS(=O)(=O)c1ccc2c(c1)OCCO2)C(C)C. The number of benzene rings is 2. The Morgan fingerprint density at radius 3 is 2.41 bits per heavy atom. The van der Waals surface area contributed by atoms with Gasteiger partial charge in [0.1, 0.15) is 19.3 Å². The van der Waals surface area contributed by atoms with Crippen LogP contribution in [0.5, 0.6) is 11.5 Å². The summed E-state index contributed by atoms with van der Waals surface area (Å²) in [4.78, 5) is 12.8. The van der Waals surface area contributed by atoms with Crippen molar-refractivity contribution in [2.45, 2.75) is 31.7 Å². The van der Waals surface area contributed by atoms with Crippen LogP contribution < -0.4 is 19.5 Å². The standard InChI is InChI=1S/C20H23ClN2O5S/c1-12(2)19(20(24)22-16-6-4-14(21)10-13(16)3)23-29(25,26)15-5-7-17-18(11-15)28-9-8-27-17/h4-7,10-12,19,23H,8-9H2,1-3H3,(H,22,24)/t19-/m0/s1. The molecule has 0 radical (unpaired) electrons. The molecule has 2 aromatic carbocycles. The fourth-order valence-electron chi connectivity index (χ4n) is 2.90. The Bertz CT molecular complexity index is 1020. The molecule has 7 nitrogen and oxygen atoms in total. The summed E-state index contributed by atoms with van der Waals surface area (Å²) in [5.74, 6) is 0.120. The van der Waals surface area contributed by atoms with E-state index in [0.717, 1.165) is 5.56 Å². The van der Waals surface area contributed by atoms with Gasteiger partial charge in [0.05, 0.1) is 4.90 Å². The number of halogens is 1. The molecule has 1 heterocycles. The van der Waals surface area contributed by atoms with Gasteiger partial charge in [-0.2, -0.15) is 4.72 Å². The molecule has 0 unspecified atom stereocenters. The van der Waals surface area contributed by atoms with Crippen LogP contribution >= 0.6 is 11.6 Å². The fraction of sp³-hybridized carbons (Fsp3) is 0.350. The topological polar surface area (TPSA) is 93.7 Å². The largest absolute Gasteiger partial charge is 0.486 e. The molecule has 2 aromatic rings. The van der Waals surface area contributed by atoms with Crippen LogP contribution in [0.1, 0.15) is 19.4 Å². The van der Waals surface area contributed by atoms with Gasteiger partial charge < -0.3 is 14.8 Å². The van der Waals surface area contributed by atoms with E-state index < -0.39 is 22.0 Å². The van der Waals surface area contributed by atoms with Gasteiger partial charge in [-0.3, -0.25) is 4.79 Å². The highest BCUT2D eigenvalue weighted by atomic mass is 35.5. The number of nitrogens with one attached hydrogen (secondary N) is 2. The quantitative estimate of drug-likeness (QED) is 0.721. The molecule has 1 atom stereocenters. The Labute approximate surface area is 175 Å². The highest BCUT2D eigenvalue weighted by molar-refractivity contribution is 7.89. The predicted octanol–water partition coefficient (Wildman–Crippen LogP) is 3.36. The lowest BCUT2D eigenvalue weighted by Gasteiger charge is -2.23. The molecule has 29 heavy (non-hydrogen) atoms. The Balaban J connectivity index is 1.81. The number of carbonyl (C=O) groups excluding carboxylic acids is 1. The Hall–Kier alpha value is -2.29. The smallest absolute Gasteiger partial charge is 0.242 e. The van der Waals surface area contributed by atoms with Crippen LogP contribution in [0.25, 0.3) is 0 Å². The first-order chi connectivity index (χ1) is 13.7. The van der Waals surface area contributed by atoms with Gasteiger partial charge in [0.25, 0.3) is 0 Å². The molecule has 1 aliphatic rings. The molecule has 0 fully saturated rings. The minimum Gasteiger partial charge on any atom is -0.486 e. The van der Waals surface area contributed by atoms with E-state index in [9.17, 15) is 13.2 Å². The van der Waals surface area contributed by atoms with E-state index >= 15 is 0 Å². The van der Waals surface area contributed by atoms with Gasteiger partial charge >= 0.3 is 0 Å². The maximum Gasteiger partial charge on any atom is 0.242 e. The third kappa shape index (κ3) is 5.01. The van der Waals surface area contributed by atoms with Gasteiger partial charge in [-0.15, -0.1) is 0 Å². The zero-order valence-electron chi connectivity index (χ0n) is 16.4. The van der Waals surface area contributed by atoms with Gasteiger partial charge in [0.15, 0.2) is 11.5 Å². The summed E-state index contributed by atoms with van der Waals surface area (Å²) >= 11 is 5.95. The second-order valence-corrected chi connectivity index (χ2v) is 9.25. The van der Waals surface area contributed by atoms with E-state index in [4.69, 9.17) is 21.1 Å². The van der Waals surface area contributed by atoms with Gasteiger partial charge in [-0.1, -0.05) is 25.4 Å². The summed E-state index contributed by atoms with van der Waals surface area (Å²) in [5.41, 5.74) is 1.35. The number of aryl methyl sites for hydroxylation is 1. The van der Waals surface area contributed by atoms with Crippen LogP contribution in [0.15, 0.2) is 41.3 Å². The summed E-state index contributed by atoms with van der Waals surface area (Å²) in [5, 5.41) is 3.33. The summed E-state index contributed by atoms with van der Waals surface area (Å²) in [6.07, 6.45) is 0. The lowest BCUT2D eigenvalue weighted by Crippen LogP contribution is -2.47. The van der Waals surface area contributed by atoms with E-state index in [0.29, 0.717) is 35.4 Å². The van der Waals surface area contributed by atoms with E-state index in [-0.39, 0.29) is 10.8 Å². The average Bonchev–Trinajstić information content (AvgIpc) is 2.67. The molecular weight excluding hydrogens is 416 g/mol. The number of amides is 1. The molecule has 1 amide bonds. The molecule has 9 heteroatoms. The van der Waals surface area contributed by atoms with Crippen molar-refractivity contribution in [2.75, 3.05) is 18.5 Å². The highest BCUT2D eigenvalue weighted by Crippen LogP contribution is 2.32. The lowest BCUT2D eigenvalue weighted by molar-refractivity contribution is -0.118. The molecule has 0 aliphatic carbocycles. The monoisotopic (exact) mass is 438 g/mol. The van der Waals surface area contributed by atoms with E-state index in [1.807, 2.05) is 6.92 Å². The van der Waals surface area contributed by atoms with Crippen molar-refractivity contribution >= 4 is 33.2 Å². The van der Waals surface area contributed by atoms with Crippen LogP contribution in [0.2, 0.25) is 5.02 Å². The van der Waals surface area contributed by atoms with Crippen LogP contribution in [0, 0.1) is 12.8 Å². The third-order valence-electron chi connectivity index (χ3n) is 4.50. The maximum atomic E-state index is 12.9. The van der Waals surface area contributed by atoms with Crippen molar-refractivity contribution in [1.29, 1.82) is 0 Å². The Morgan fingerprint density at radius 1 is 1.07 bits per heavy atom. The molecule has 0 saturated carbocycles. The van der Waals surface area contributed by atoms with Crippen molar-refractivity contribution in [3.8, 4) is 11.5 Å². The summed E-state index contributed by atoms with van der Waals surface area (Å²) in [7, 11) is -3.96. The van der Waals surface area contributed by atoms with Gasteiger partial charge in [-0.25, -0.2) is 8.42 Å². The molecular formula is C20H23ClN2O5S. The minimum absolute atomic E-state index is 0.00266. The van der Waals surface area contributed by atoms with Gasteiger partial charge in [-0.05, 0) is 48.7 Å². The number of fused-ring (bicyclic) bond motifs is 1. The Kier molecular flexibility index (Phi) is 6.36. The molecule has 1 aliphatic heterocycles. The third-order valence-corrected chi connectivity index (χ3v) is 6.18. The number of anilines is 1. The zero-order chi connectivity index (χ0) is 21.2. The second-order valence-electron chi connectivity index (χ2n) is 7.10. The van der Waals surface area contributed by atoms with Crippen molar-refractivity contribution in [3.05, 3.63) is 47.0 Å². The van der Waals surface area contributed by atoms with Crippen LogP contribution in [-0.4, -0.2) is 33.6 Å².